The Balaban J connectivity index is 1.50. The summed E-state index contributed by atoms with van der Waals surface area (Å²) < 4.78 is 7.43. The van der Waals surface area contributed by atoms with Crippen molar-refractivity contribution >= 4 is 11.6 Å². The predicted molar refractivity (Wildman–Crippen MR) is 108 cm³/mol. The summed E-state index contributed by atoms with van der Waals surface area (Å²) in [5, 5.41) is 11.8. The number of anilines is 1. The van der Waals surface area contributed by atoms with Crippen molar-refractivity contribution in [3.63, 3.8) is 0 Å². The van der Waals surface area contributed by atoms with E-state index in [0.29, 0.717) is 6.42 Å². The Morgan fingerprint density at radius 3 is 2.89 bits per heavy atom. The number of fused-ring (bicyclic) bond motifs is 1. The van der Waals surface area contributed by atoms with Gasteiger partial charge in [-0.3, -0.25) is 4.79 Å². The number of amides is 1. The van der Waals surface area contributed by atoms with Crippen molar-refractivity contribution in [2.75, 3.05) is 12.4 Å². The van der Waals surface area contributed by atoms with E-state index < -0.39 is 0 Å². The van der Waals surface area contributed by atoms with Gasteiger partial charge in [0.2, 0.25) is 5.91 Å². The summed E-state index contributed by atoms with van der Waals surface area (Å²) in [6.07, 6.45) is 4.81. The highest BCUT2D eigenvalue weighted by molar-refractivity contribution is 5.92. The number of carbonyl (C=O) groups excluding carboxylic acids is 1. The predicted octanol–water partition coefficient (Wildman–Crippen LogP) is 3.86. The Kier molecular flexibility index (Phi) is 5.37. The monoisotopic (exact) mass is 376 g/mol. The topological polar surface area (TPSA) is 69.0 Å². The van der Waals surface area contributed by atoms with Gasteiger partial charge in [0.25, 0.3) is 0 Å². The molecule has 2 heterocycles. The quantitative estimate of drug-likeness (QED) is 0.734. The minimum atomic E-state index is -0.0644. The van der Waals surface area contributed by atoms with E-state index in [9.17, 15) is 4.79 Å². The highest BCUT2D eigenvalue weighted by Gasteiger charge is 2.16. The van der Waals surface area contributed by atoms with Gasteiger partial charge in [0.05, 0.1) is 13.5 Å². The summed E-state index contributed by atoms with van der Waals surface area (Å²) in [5.74, 6) is 2.62. The second-order valence-corrected chi connectivity index (χ2v) is 7.06. The summed E-state index contributed by atoms with van der Waals surface area (Å²) in [5.41, 5.74) is 2.65. The SMILES string of the molecule is COc1cccc(CC(=O)Nc2cccc(-c3nnc4n3CCCCC4)c2)c1. The third-order valence-corrected chi connectivity index (χ3v) is 5.01. The van der Waals surface area contributed by atoms with Crippen LogP contribution in [0.3, 0.4) is 0 Å². The smallest absolute Gasteiger partial charge is 0.228 e. The molecule has 144 valence electrons. The highest BCUT2D eigenvalue weighted by atomic mass is 16.5. The van der Waals surface area contributed by atoms with Crippen LogP contribution in [0.5, 0.6) is 5.75 Å². The Hall–Kier alpha value is -3.15. The molecular weight excluding hydrogens is 352 g/mol. The van der Waals surface area contributed by atoms with Crippen LogP contribution in [0, 0.1) is 0 Å². The van der Waals surface area contributed by atoms with Crippen LogP contribution in [0.15, 0.2) is 48.5 Å². The molecule has 0 bridgehead atoms. The van der Waals surface area contributed by atoms with Crippen LogP contribution in [0.4, 0.5) is 5.69 Å². The first-order valence-electron chi connectivity index (χ1n) is 9.68. The van der Waals surface area contributed by atoms with Gasteiger partial charge in [0.15, 0.2) is 5.82 Å². The molecule has 0 spiro atoms. The molecule has 6 heteroatoms. The zero-order valence-corrected chi connectivity index (χ0v) is 16.0. The van der Waals surface area contributed by atoms with E-state index in [-0.39, 0.29) is 5.91 Å². The Morgan fingerprint density at radius 2 is 2.00 bits per heavy atom. The summed E-state index contributed by atoms with van der Waals surface area (Å²) in [4.78, 5) is 12.5. The number of hydrogen-bond acceptors (Lipinski definition) is 4. The van der Waals surface area contributed by atoms with Crippen LogP contribution < -0.4 is 10.1 Å². The normalized spacial score (nSPS) is 13.5. The molecule has 1 amide bonds. The molecule has 28 heavy (non-hydrogen) atoms. The van der Waals surface area contributed by atoms with Crippen LogP contribution in [0.2, 0.25) is 0 Å². The van der Waals surface area contributed by atoms with E-state index in [1.54, 1.807) is 7.11 Å². The van der Waals surface area contributed by atoms with Gasteiger partial charge in [0.1, 0.15) is 11.6 Å². The van der Waals surface area contributed by atoms with Gasteiger partial charge in [-0.25, -0.2) is 0 Å². The summed E-state index contributed by atoms with van der Waals surface area (Å²) in [6.45, 7) is 0.949. The fraction of sp³-hybridized carbons (Fsp3) is 0.318. The molecule has 0 saturated carbocycles. The largest absolute Gasteiger partial charge is 0.497 e. The Bertz CT molecular complexity index is 980. The maximum absolute atomic E-state index is 12.5. The number of methoxy groups -OCH3 is 1. The van der Waals surface area contributed by atoms with Crippen LogP contribution in [-0.2, 0) is 24.2 Å². The number of benzene rings is 2. The van der Waals surface area contributed by atoms with Gasteiger partial charge in [-0.15, -0.1) is 10.2 Å². The molecule has 0 saturated heterocycles. The van der Waals surface area contributed by atoms with Crippen molar-refractivity contribution in [1.82, 2.24) is 14.8 Å². The van der Waals surface area contributed by atoms with Gasteiger partial charge in [-0.2, -0.15) is 0 Å². The molecule has 1 aromatic heterocycles. The highest BCUT2D eigenvalue weighted by Crippen LogP contribution is 2.25. The fourth-order valence-electron chi connectivity index (χ4n) is 3.61. The standard InChI is InChI=1S/C22H24N4O2/c1-28-19-10-5-7-16(13-19)14-21(27)23-18-9-6-8-17(15-18)22-25-24-20-11-3-2-4-12-26(20)22/h5-10,13,15H,2-4,11-12,14H2,1H3,(H,23,27). The molecule has 1 aliphatic rings. The molecule has 4 rings (SSSR count). The van der Waals surface area contributed by atoms with Gasteiger partial charge in [-0.05, 0) is 42.7 Å². The van der Waals surface area contributed by atoms with E-state index in [1.165, 1.54) is 12.8 Å². The van der Waals surface area contributed by atoms with Crippen LogP contribution in [0.25, 0.3) is 11.4 Å². The van der Waals surface area contributed by atoms with Crippen molar-refractivity contribution in [2.24, 2.45) is 0 Å². The number of hydrogen-bond donors (Lipinski definition) is 1. The first-order chi connectivity index (χ1) is 13.7. The lowest BCUT2D eigenvalue weighted by atomic mass is 10.1. The summed E-state index contributed by atoms with van der Waals surface area (Å²) >= 11 is 0. The van der Waals surface area contributed by atoms with Crippen LogP contribution in [-0.4, -0.2) is 27.8 Å². The average molecular weight is 376 g/mol. The lowest BCUT2D eigenvalue weighted by Crippen LogP contribution is -2.14. The van der Waals surface area contributed by atoms with Crippen molar-refractivity contribution in [1.29, 1.82) is 0 Å². The molecule has 1 aliphatic heterocycles. The van der Waals surface area contributed by atoms with E-state index >= 15 is 0 Å². The van der Waals surface area contributed by atoms with Gasteiger partial charge in [0, 0.05) is 24.2 Å². The second-order valence-electron chi connectivity index (χ2n) is 7.06. The van der Waals surface area contributed by atoms with Crippen molar-refractivity contribution < 1.29 is 9.53 Å². The molecule has 1 N–H and O–H groups in total. The third kappa shape index (κ3) is 4.06. The third-order valence-electron chi connectivity index (χ3n) is 5.01. The number of nitrogens with zero attached hydrogens (tertiary/aromatic N) is 3. The number of carbonyl (C=O) groups is 1. The molecule has 3 aromatic rings. The van der Waals surface area contributed by atoms with E-state index in [2.05, 4.69) is 20.1 Å². The van der Waals surface area contributed by atoms with Crippen molar-refractivity contribution in [3.05, 3.63) is 59.9 Å². The van der Waals surface area contributed by atoms with Crippen LogP contribution in [0.1, 0.15) is 30.7 Å². The minimum absolute atomic E-state index is 0.0644. The van der Waals surface area contributed by atoms with Crippen molar-refractivity contribution in [2.45, 2.75) is 38.6 Å². The van der Waals surface area contributed by atoms with E-state index in [0.717, 1.165) is 53.6 Å². The van der Waals surface area contributed by atoms with E-state index in [4.69, 9.17) is 4.74 Å². The maximum Gasteiger partial charge on any atom is 0.228 e. The Labute approximate surface area is 164 Å². The number of aryl methyl sites for hydroxylation is 1. The molecule has 2 aromatic carbocycles. The maximum atomic E-state index is 12.5. The minimum Gasteiger partial charge on any atom is -0.497 e. The number of rotatable bonds is 5. The first-order valence-corrected chi connectivity index (χ1v) is 9.68. The number of ether oxygens (including phenoxy) is 1. The zero-order chi connectivity index (χ0) is 19.3. The molecule has 0 aliphatic carbocycles. The lowest BCUT2D eigenvalue weighted by Gasteiger charge is -2.10. The van der Waals surface area contributed by atoms with Gasteiger partial charge >= 0.3 is 0 Å². The molecule has 0 unspecified atom stereocenters. The Morgan fingerprint density at radius 1 is 1.11 bits per heavy atom. The van der Waals surface area contributed by atoms with Crippen molar-refractivity contribution in [3.8, 4) is 17.1 Å². The average Bonchev–Trinajstić information content (AvgIpc) is 2.96. The number of aromatic nitrogens is 3. The number of nitrogens with one attached hydrogen (secondary N) is 1. The van der Waals surface area contributed by atoms with Crippen LogP contribution >= 0.6 is 0 Å². The second kappa shape index (κ2) is 8.25. The van der Waals surface area contributed by atoms with Gasteiger partial charge in [-0.1, -0.05) is 30.7 Å². The first kappa shape index (κ1) is 18.2. The molecule has 6 nitrogen and oxygen atoms in total. The molecular formula is C22H24N4O2. The zero-order valence-electron chi connectivity index (χ0n) is 16.0. The lowest BCUT2D eigenvalue weighted by molar-refractivity contribution is -0.115. The summed E-state index contributed by atoms with van der Waals surface area (Å²) in [6, 6.07) is 15.4. The summed E-state index contributed by atoms with van der Waals surface area (Å²) in [7, 11) is 1.62. The molecule has 0 atom stereocenters. The molecule has 0 radical (unpaired) electrons. The van der Waals surface area contributed by atoms with E-state index in [1.807, 2.05) is 48.5 Å². The fourth-order valence-corrected chi connectivity index (χ4v) is 3.61. The molecule has 0 fully saturated rings. The van der Waals surface area contributed by atoms with Gasteiger partial charge < -0.3 is 14.6 Å².